The number of nitrogens with zero attached hydrogens (tertiary/aromatic N) is 2. The molecule has 1 atom stereocenters. The molecule has 1 aromatic heterocycles. The second kappa shape index (κ2) is 6.94. The molecule has 1 N–H and O–H groups in total. The van der Waals surface area contributed by atoms with E-state index in [9.17, 15) is 9.90 Å². The predicted octanol–water partition coefficient (Wildman–Crippen LogP) is 2.26. The second-order valence-corrected chi connectivity index (χ2v) is 5.72. The van der Waals surface area contributed by atoms with Gasteiger partial charge in [0.1, 0.15) is 18.5 Å². The molecule has 0 saturated heterocycles. The van der Waals surface area contributed by atoms with Crippen LogP contribution in [0.5, 0.6) is 5.75 Å². The minimum atomic E-state index is -0.835. The summed E-state index contributed by atoms with van der Waals surface area (Å²) in [4.78, 5) is 16.2. The lowest BCUT2D eigenvalue weighted by molar-refractivity contribution is 0.0912. The number of aliphatic hydroxyl groups excluding tert-OH is 1. The second-order valence-electron chi connectivity index (χ2n) is 5.31. The SMILES string of the molecule is Cc1ccc(Cl)c(OC[C@H](O)Cn2cnc(C)c(C)c2=O)c1. The highest BCUT2D eigenvalue weighted by atomic mass is 35.5. The molecule has 0 aliphatic rings. The maximum Gasteiger partial charge on any atom is 0.256 e. The Labute approximate surface area is 134 Å². The minimum Gasteiger partial charge on any atom is -0.489 e. The first-order valence-corrected chi connectivity index (χ1v) is 7.36. The standard InChI is InChI=1S/C16H19ClN2O3/c1-10-4-5-14(17)15(6-10)22-8-13(20)7-19-9-18-12(3)11(2)16(19)21/h4-6,9,13,20H,7-8H2,1-3H3/t13-/m1/s1. The number of hydrogen-bond donors (Lipinski definition) is 1. The molecular formula is C16H19ClN2O3. The highest BCUT2D eigenvalue weighted by Gasteiger charge is 2.11. The summed E-state index contributed by atoms with van der Waals surface area (Å²) in [5, 5.41) is 10.5. The first-order valence-electron chi connectivity index (χ1n) is 6.98. The van der Waals surface area contributed by atoms with Crippen LogP contribution >= 0.6 is 11.6 Å². The van der Waals surface area contributed by atoms with Gasteiger partial charge in [-0.05, 0) is 38.5 Å². The van der Waals surface area contributed by atoms with E-state index in [1.54, 1.807) is 26.0 Å². The molecule has 0 unspecified atom stereocenters. The van der Waals surface area contributed by atoms with Gasteiger partial charge in [-0.3, -0.25) is 9.36 Å². The molecular weight excluding hydrogens is 304 g/mol. The maximum absolute atomic E-state index is 12.0. The molecule has 0 bridgehead atoms. The molecule has 2 aromatic rings. The summed E-state index contributed by atoms with van der Waals surface area (Å²) in [6.45, 7) is 5.59. The van der Waals surface area contributed by atoms with E-state index in [1.807, 2.05) is 13.0 Å². The number of hydrogen-bond acceptors (Lipinski definition) is 4. The monoisotopic (exact) mass is 322 g/mol. The number of ether oxygens (including phenoxy) is 1. The van der Waals surface area contributed by atoms with Crippen molar-refractivity contribution in [2.75, 3.05) is 6.61 Å². The van der Waals surface area contributed by atoms with Crippen molar-refractivity contribution < 1.29 is 9.84 Å². The zero-order chi connectivity index (χ0) is 16.3. The van der Waals surface area contributed by atoms with E-state index in [2.05, 4.69) is 4.98 Å². The van der Waals surface area contributed by atoms with Crippen molar-refractivity contribution in [3.8, 4) is 5.75 Å². The smallest absolute Gasteiger partial charge is 0.256 e. The molecule has 0 saturated carbocycles. The Morgan fingerprint density at radius 1 is 1.36 bits per heavy atom. The Morgan fingerprint density at radius 3 is 2.82 bits per heavy atom. The largest absolute Gasteiger partial charge is 0.489 e. The summed E-state index contributed by atoms with van der Waals surface area (Å²) < 4.78 is 6.91. The Balaban J connectivity index is 2.02. The molecule has 1 heterocycles. The van der Waals surface area contributed by atoms with Crippen molar-refractivity contribution in [1.82, 2.24) is 9.55 Å². The third-order valence-electron chi connectivity index (χ3n) is 3.44. The number of rotatable bonds is 5. The van der Waals surface area contributed by atoms with Crippen LogP contribution < -0.4 is 10.3 Å². The fraction of sp³-hybridized carbons (Fsp3) is 0.375. The summed E-state index contributed by atoms with van der Waals surface area (Å²) in [5.41, 5.74) is 2.14. The van der Waals surface area contributed by atoms with Crippen LogP contribution in [-0.2, 0) is 6.54 Å². The molecule has 6 heteroatoms. The molecule has 0 radical (unpaired) electrons. The van der Waals surface area contributed by atoms with Crippen LogP contribution in [0.1, 0.15) is 16.8 Å². The molecule has 2 rings (SSSR count). The van der Waals surface area contributed by atoms with Gasteiger partial charge in [0, 0.05) is 11.3 Å². The third-order valence-corrected chi connectivity index (χ3v) is 3.75. The number of aryl methyl sites for hydroxylation is 2. The molecule has 1 aromatic carbocycles. The summed E-state index contributed by atoms with van der Waals surface area (Å²) in [7, 11) is 0. The summed E-state index contributed by atoms with van der Waals surface area (Å²) in [5.74, 6) is 0.520. The first kappa shape index (κ1) is 16.5. The molecule has 118 valence electrons. The van der Waals surface area contributed by atoms with Crippen LogP contribution in [0, 0.1) is 20.8 Å². The van der Waals surface area contributed by atoms with Crippen molar-refractivity contribution in [2.24, 2.45) is 0 Å². The molecule has 22 heavy (non-hydrogen) atoms. The van der Waals surface area contributed by atoms with Gasteiger partial charge in [-0.2, -0.15) is 0 Å². The number of halogens is 1. The first-order chi connectivity index (χ1) is 10.4. The van der Waals surface area contributed by atoms with Gasteiger partial charge < -0.3 is 9.84 Å². The summed E-state index contributed by atoms with van der Waals surface area (Å²) >= 11 is 6.03. The van der Waals surface area contributed by atoms with Gasteiger partial charge in [0.05, 0.1) is 17.9 Å². The van der Waals surface area contributed by atoms with Gasteiger partial charge in [0.2, 0.25) is 0 Å². The zero-order valence-electron chi connectivity index (χ0n) is 12.8. The van der Waals surface area contributed by atoms with Crippen molar-refractivity contribution in [3.05, 3.63) is 56.7 Å². The van der Waals surface area contributed by atoms with Crippen molar-refractivity contribution in [1.29, 1.82) is 0 Å². The van der Waals surface area contributed by atoms with Crippen LogP contribution in [0.2, 0.25) is 5.02 Å². The number of benzene rings is 1. The highest BCUT2D eigenvalue weighted by Crippen LogP contribution is 2.25. The minimum absolute atomic E-state index is 0.0442. The van der Waals surface area contributed by atoms with Crippen molar-refractivity contribution >= 4 is 11.6 Å². The predicted molar refractivity (Wildman–Crippen MR) is 85.7 cm³/mol. The average molecular weight is 323 g/mol. The third kappa shape index (κ3) is 3.87. The lowest BCUT2D eigenvalue weighted by atomic mass is 10.2. The van der Waals surface area contributed by atoms with Crippen LogP contribution in [-0.4, -0.2) is 27.4 Å². The number of aromatic nitrogens is 2. The number of aliphatic hydroxyl groups is 1. The topological polar surface area (TPSA) is 64.3 Å². The van der Waals surface area contributed by atoms with Gasteiger partial charge in [-0.25, -0.2) is 4.98 Å². The maximum atomic E-state index is 12.0. The quantitative estimate of drug-likeness (QED) is 0.917. The van der Waals surface area contributed by atoms with E-state index in [0.29, 0.717) is 22.0 Å². The van der Waals surface area contributed by atoms with E-state index in [4.69, 9.17) is 16.3 Å². The van der Waals surface area contributed by atoms with E-state index in [1.165, 1.54) is 10.9 Å². The Kier molecular flexibility index (Phi) is 5.21. The van der Waals surface area contributed by atoms with Crippen LogP contribution in [0.15, 0.2) is 29.3 Å². The van der Waals surface area contributed by atoms with Gasteiger partial charge in [-0.1, -0.05) is 17.7 Å². The van der Waals surface area contributed by atoms with E-state index in [0.717, 1.165) is 5.56 Å². The van der Waals surface area contributed by atoms with E-state index < -0.39 is 6.10 Å². The summed E-state index contributed by atoms with van der Waals surface area (Å²) in [6, 6.07) is 5.43. The fourth-order valence-electron chi connectivity index (χ4n) is 1.99. The van der Waals surface area contributed by atoms with Gasteiger partial charge in [-0.15, -0.1) is 0 Å². The van der Waals surface area contributed by atoms with Crippen LogP contribution in [0.3, 0.4) is 0 Å². The molecule has 5 nitrogen and oxygen atoms in total. The average Bonchev–Trinajstić information content (AvgIpc) is 2.49. The van der Waals surface area contributed by atoms with Gasteiger partial charge >= 0.3 is 0 Å². The van der Waals surface area contributed by atoms with Crippen LogP contribution in [0.4, 0.5) is 0 Å². The van der Waals surface area contributed by atoms with Crippen molar-refractivity contribution in [3.63, 3.8) is 0 Å². The zero-order valence-corrected chi connectivity index (χ0v) is 13.6. The molecule has 0 fully saturated rings. The van der Waals surface area contributed by atoms with Crippen LogP contribution in [0.25, 0.3) is 0 Å². The Bertz CT molecular complexity index is 728. The van der Waals surface area contributed by atoms with E-state index in [-0.39, 0.29) is 18.7 Å². The normalized spacial score (nSPS) is 12.2. The molecule has 0 spiro atoms. The summed E-state index contributed by atoms with van der Waals surface area (Å²) in [6.07, 6.45) is 0.603. The van der Waals surface area contributed by atoms with Gasteiger partial charge in [0.15, 0.2) is 0 Å². The van der Waals surface area contributed by atoms with Crippen molar-refractivity contribution in [2.45, 2.75) is 33.4 Å². The lowest BCUT2D eigenvalue weighted by Gasteiger charge is -2.15. The Hall–Kier alpha value is -1.85. The molecule has 0 aliphatic carbocycles. The highest BCUT2D eigenvalue weighted by molar-refractivity contribution is 6.32. The van der Waals surface area contributed by atoms with Gasteiger partial charge in [0.25, 0.3) is 5.56 Å². The molecule has 0 amide bonds. The lowest BCUT2D eigenvalue weighted by Crippen LogP contribution is -2.31. The molecule has 0 aliphatic heterocycles. The van der Waals surface area contributed by atoms with E-state index >= 15 is 0 Å². The Morgan fingerprint density at radius 2 is 2.09 bits per heavy atom. The fourth-order valence-corrected chi connectivity index (χ4v) is 2.16.